The molecule has 1 saturated heterocycles. The van der Waals surface area contributed by atoms with Crippen LogP contribution in [-0.4, -0.2) is 58.2 Å². The van der Waals surface area contributed by atoms with E-state index in [9.17, 15) is 8.42 Å². The molecule has 0 unspecified atom stereocenters. The van der Waals surface area contributed by atoms with Gasteiger partial charge in [-0.2, -0.15) is 4.31 Å². The van der Waals surface area contributed by atoms with Crippen molar-refractivity contribution in [3.8, 4) is 22.8 Å². The van der Waals surface area contributed by atoms with Crippen LogP contribution < -0.4 is 9.47 Å². The summed E-state index contributed by atoms with van der Waals surface area (Å²) in [7, 11) is 0.963. The minimum absolute atomic E-state index is 0.101. The van der Waals surface area contributed by atoms with Crippen molar-refractivity contribution in [2.24, 2.45) is 0 Å². The first kappa shape index (κ1) is 19.6. The van der Waals surface area contributed by atoms with Crippen LogP contribution in [0.25, 0.3) is 11.1 Å². The number of hydrogen-bond donors (Lipinski definition) is 0. The van der Waals surface area contributed by atoms with Crippen LogP contribution in [0.4, 0.5) is 0 Å². The lowest BCUT2D eigenvalue weighted by atomic mass is 10.1. The van der Waals surface area contributed by atoms with E-state index in [2.05, 4.69) is 4.98 Å². The van der Waals surface area contributed by atoms with Gasteiger partial charge in [-0.1, -0.05) is 6.07 Å². The summed E-state index contributed by atoms with van der Waals surface area (Å²) in [5, 5.41) is 0. The molecule has 8 heteroatoms. The highest BCUT2D eigenvalue weighted by molar-refractivity contribution is 7.89. The molecule has 27 heavy (non-hydrogen) atoms. The number of piperidine rings is 1. The third-order valence-electron chi connectivity index (χ3n) is 4.79. The summed E-state index contributed by atoms with van der Waals surface area (Å²) >= 11 is 0. The second-order valence-corrected chi connectivity index (χ2v) is 8.17. The molecule has 2 aromatic rings. The topological polar surface area (TPSA) is 78.0 Å². The molecule has 0 radical (unpaired) electrons. The van der Waals surface area contributed by atoms with E-state index in [1.807, 2.05) is 6.07 Å². The standard InChI is InChI=1S/C19H24N2O5S/c1-24-15-8-11-21(12-9-15)27(22,23)18-13-14(6-7-17(18)25-2)16-5-4-10-20-19(16)26-3/h4-7,10,13,15H,8-9,11-12H2,1-3H3. The smallest absolute Gasteiger partial charge is 0.246 e. The van der Waals surface area contributed by atoms with E-state index in [4.69, 9.17) is 14.2 Å². The summed E-state index contributed by atoms with van der Waals surface area (Å²) in [5.74, 6) is 0.752. The van der Waals surface area contributed by atoms with Crippen LogP contribution >= 0.6 is 0 Å². The summed E-state index contributed by atoms with van der Waals surface area (Å²) in [6.07, 6.45) is 3.08. The van der Waals surface area contributed by atoms with Gasteiger partial charge in [-0.15, -0.1) is 0 Å². The van der Waals surface area contributed by atoms with E-state index >= 15 is 0 Å². The normalized spacial score (nSPS) is 16.3. The SMILES string of the molecule is COc1ccc(-c2cccnc2OC)cc1S(=O)(=O)N1CCC(OC)CC1. The van der Waals surface area contributed by atoms with Crippen molar-refractivity contribution in [1.82, 2.24) is 9.29 Å². The van der Waals surface area contributed by atoms with Gasteiger partial charge in [0.05, 0.1) is 20.3 Å². The average Bonchev–Trinajstić information content (AvgIpc) is 2.73. The summed E-state index contributed by atoms with van der Waals surface area (Å²) in [6.45, 7) is 0.842. The zero-order valence-electron chi connectivity index (χ0n) is 15.7. The molecule has 0 amide bonds. The summed E-state index contributed by atoms with van der Waals surface area (Å²) in [5.41, 5.74) is 1.42. The molecule has 7 nitrogen and oxygen atoms in total. The zero-order valence-corrected chi connectivity index (χ0v) is 16.5. The maximum absolute atomic E-state index is 13.3. The molecule has 2 heterocycles. The van der Waals surface area contributed by atoms with E-state index in [0.29, 0.717) is 43.1 Å². The van der Waals surface area contributed by atoms with Crippen molar-refractivity contribution in [2.75, 3.05) is 34.4 Å². The predicted octanol–water partition coefficient (Wildman–Crippen LogP) is 2.57. The van der Waals surface area contributed by atoms with E-state index in [-0.39, 0.29) is 11.0 Å². The van der Waals surface area contributed by atoms with Gasteiger partial charge in [0, 0.05) is 32.0 Å². The zero-order chi connectivity index (χ0) is 19.4. The Labute approximate surface area is 159 Å². The Balaban J connectivity index is 2.01. The number of hydrogen-bond acceptors (Lipinski definition) is 6. The monoisotopic (exact) mass is 392 g/mol. The number of sulfonamides is 1. The van der Waals surface area contributed by atoms with Gasteiger partial charge < -0.3 is 14.2 Å². The second-order valence-electron chi connectivity index (χ2n) is 6.27. The van der Waals surface area contributed by atoms with Crippen molar-refractivity contribution in [3.05, 3.63) is 36.5 Å². The van der Waals surface area contributed by atoms with Crippen molar-refractivity contribution in [1.29, 1.82) is 0 Å². The Morgan fingerprint density at radius 3 is 2.44 bits per heavy atom. The second kappa shape index (κ2) is 8.24. The molecule has 0 spiro atoms. The Morgan fingerprint density at radius 1 is 1.07 bits per heavy atom. The quantitative estimate of drug-likeness (QED) is 0.752. The average molecular weight is 392 g/mol. The Hall–Kier alpha value is -2.16. The molecule has 1 aliphatic rings. The van der Waals surface area contributed by atoms with Gasteiger partial charge in [0.15, 0.2) is 0 Å². The molecule has 1 fully saturated rings. The molecule has 0 N–H and O–H groups in total. The molecular weight excluding hydrogens is 368 g/mol. The summed E-state index contributed by atoms with van der Waals surface area (Å²) in [4.78, 5) is 4.33. The molecule has 0 bridgehead atoms. The number of rotatable bonds is 6. The maximum atomic E-state index is 13.3. The fraction of sp³-hybridized carbons (Fsp3) is 0.421. The van der Waals surface area contributed by atoms with Crippen molar-refractivity contribution < 1.29 is 22.6 Å². The van der Waals surface area contributed by atoms with Gasteiger partial charge in [-0.25, -0.2) is 13.4 Å². The minimum Gasteiger partial charge on any atom is -0.495 e. The lowest BCUT2D eigenvalue weighted by Crippen LogP contribution is -2.40. The molecule has 1 aliphatic heterocycles. The molecule has 1 aromatic carbocycles. The number of methoxy groups -OCH3 is 3. The molecule has 0 aliphatic carbocycles. The van der Waals surface area contributed by atoms with Crippen LogP contribution in [0.3, 0.4) is 0 Å². The first-order valence-corrected chi connectivity index (χ1v) is 10.2. The molecule has 0 atom stereocenters. The molecule has 3 rings (SSSR count). The van der Waals surface area contributed by atoms with Gasteiger partial charge in [0.1, 0.15) is 10.6 Å². The number of nitrogens with zero attached hydrogens (tertiary/aromatic N) is 2. The lowest BCUT2D eigenvalue weighted by Gasteiger charge is -2.30. The first-order valence-electron chi connectivity index (χ1n) is 8.71. The van der Waals surface area contributed by atoms with Crippen molar-refractivity contribution in [2.45, 2.75) is 23.8 Å². The summed E-state index contributed by atoms with van der Waals surface area (Å²) in [6, 6.07) is 8.71. The summed E-state index contributed by atoms with van der Waals surface area (Å²) < 4.78 is 44.0. The van der Waals surface area contributed by atoms with Crippen LogP contribution in [0, 0.1) is 0 Å². The number of pyridine rings is 1. The van der Waals surface area contributed by atoms with Gasteiger partial charge in [-0.3, -0.25) is 0 Å². The van der Waals surface area contributed by atoms with Crippen molar-refractivity contribution in [3.63, 3.8) is 0 Å². The van der Waals surface area contributed by atoms with Gasteiger partial charge >= 0.3 is 0 Å². The van der Waals surface area contributed by atoms with Crippen molar-refractivity contribution >= 4 is 10.0 Å². The molecular formula is C19H24N2O5S. The van der Waals surface area contributed by atoms with Gasteiger partial charge in [0.2, 0.25) is 15.9 Å². The number of benzene rings is 1. The van der Waals surface area contributed by atoms with E-state index in [1.54, 1.807) is 37.6 Å². The Kier molecular flexibility index (Phi) is 5.98. The predicted molar refractivity (Wildman–Crippen MR) is 102 cm³/mol. The largest absolute Gasteiger partial charge is 0.495 e. The number of ether oxygens (including phenoxy) is 3. The van der Waals surface area contributed by atoms with E-state index in [1.165, 1.54) is 18.5 Å². The van der Waals surface area contributed by atoms with Crippen LogP contribution in [0.5, 0.6) is 11.6 Å². The van der Waals surface area contributed by atoms with Crippen LogP contribution in [0.1, 0.15) is 12.8 Å². The fourth-order valence-electron chi connectivity index (χ4n) is 3.27. The minimum atomic E-state index is -3.69. The highest BCUT2D eigenvalue weighted by Gasteiger charge is 2.32. The van der Waals surface area contributed by atoms with Crippen LogP contribution in [-0.2, 0) is 14.8 Å². The van der Waals surface area contributed by atoms with E-state index in [0.717, 1.165) is 5.56 Å². The maximum Gasteiger partial charge on any atom is 0.246 e. The highest BCUT2D eigenvalue weighted by atomic mass is 32.2. The third-order valence-corrected chi connectivity index (χ3v) is 6.71. The lowest BCUT2D eigenvalue weighted by molar-refractivity contribution is 0.0604. The Bertz CT molecular complexity index is 893. The third kappa shape index (κ3) is 3.92. The fourth-order valence-corrected chi connectivity index (χ4v) is 4.92. The first-order chi connectivity index (χ1) is 13.0. The van der Waals surface area contributed by atoms with E-state index < -0.39 is 10.0 Å². The van der Waals surface area contributed by atoms with Crippen LogP contribution in [0.15, 0.2) is 41.4 Å². The van der Waals surface area contributed by atoms with Gasteiger partial charge in [0.25, 0.3) is 0 Å². The molecule has 1 aromatic heterocycles. The van der Waals surface area contributed by atoms with Crippen LogP contribution in [0.2, 0.25) is 0 Å². The van der Waals surface area contributed by atoms with Gasteiger partial charge in [-0.05, 0) is 42.7 Å². The number of aromatic nitrogens is 1. The molecule has 0 saturated carbocycles. The Morgan fingerprint density at radius 2 is 1.81 bits per heavy atom. The molecule has 146 valence electrons. The highest BCUT2D eigenvalue weighted by Crippen LogP contribution is 2.35.